The monoisotopic (exact) mass is 351 g/mol. The van der Waals surface area contributed by atoms with Crippen LogP contribution in [0.4, 0.5) is 0 Å². The second-order valence-corrected chi connectivity index (χ2v) is 9.19. The Balaban J connectivity index is 1.72. The van der Waals surface area contributed by atoms with Gasteiger partial charge in [-0.05, 0) is 19.4 Å². The third-order valence-electron chi connectivity index (χ3n) is 4.06. The molecule has 1 aliphatic rings. The highest BCUT2D eigenvalue weighted by molar-refractivity contribution is 7.91. The number of hydrogen-bond donors (Lipinski definition) is 0. The maximum atomic E-state index is 11.7. The lowest BCUT2D eigenvalue weighted by Gasteiger charge is -2.26. The summed E-state index contributed by atoms with van der Waals surface area (Å²) in [5, 5.41) is 10.4. The van der Waals surface area contributed by atoms with Gasteiger partial charge in [0.1, 0.15) is 10.0 Å². The zero-order chi connectivity index (χ0) is 16.3. The molecule has 7 heteroatoms. The lowest BCUT2D eigenvalue weighted by molar-refractivity contribution is 0.203. The van der Waals surface area contributed by atoms with Crippen molar-refractivity contribution in [1.82, 2.24) is 15.1 Å². The van der Waals surface area contributed by atoms with Crippen molar-refractivity contribution in [2.24, 2.45) is 0 Å². The number of sulfone groups is 1. The lowest BCUT2D eigenvalue weighted by atomic mass is 10.2. The summed E-state index contributed by atoms with van der Waals surface area (Å²) in [5.74, 6) is 0.584. The van der Waals surface area contributed by atoms with Crippen molar-refractivity contribution in [2.75, 3.05) is 18.1 Å². The third kappa shape index (κ3) is 4.16. The van der Waals surface area contributed by atoms with E-state index < -0.39 is 9.84 Å². The molecule has 0 N–H and O–H groups in total. The van der Waals surface area contributed by atoms with Crippen LogP contribution in [0, 0.1) is 0 Å². The van der Waals surface area contributed by atoms with E-state index in [1.54, 1.807) is 11.3 Å². The number of hydrogen-bond acceptors (Lipinski definition) is 6. The molecule has 1 aromatic heterocycles. The Hall–Kier alpha value is -1.31. The van der Waals surface area contributed by atoms with Crippen LogP contribution in [0.3, 0.4) is 0 Å². The molecule has 23 heavy (non-hydrogen) atoms. The maximum Gasteiger partial charge on any atom is 0.151 e. The van der Waals surface area contributed by atoms with E-state index in [0.29, 0.717) is 12.3 Å². The number of rotatable bonds is 6. The first-order valence-corrected chi connectivity index (χ1v) is 10.5. The Morgan fingerprint density at radius 2 is 2.04 bits per heavy atom. The number of benzene rings is 1. The minimum absolute atomic E-state index is 0.115. The van der Waals surface area contributed by atoms with Crippen LogP contribution in [0.2, 0.25) is 0 Å². The molecule has 5 nitrogen and oxygen atoms in total. The Bertz CT molecular complexity index is 744. The van der Waals surface area contributed by atoms with Crippen LogP contribution < -0.4 is 0 Å². The second kappa shape index (κ2) is 7.07. The van der Waals surface area contributed by atoms with E-state index in [0.717, 1.165) is 35.0 Å². The van der Waals surface area contributed by atoms with Gasteiger partial charge in [0.2, 0.25) is 0 Å². The fraction of sp³-hybridized carbons (Fsp3) is 0.500. The zero-order valence-corrected chi connectivity index (χ0v) is 14.8. The van der Waals surface area contributed by atoms with Crippen LogP contribution in [-0.2, 0) is 16.4 Å². The molecule has 0 aliphatic carbocycles. The highest BCUT2D eigenvalue weighted by Crippen LogP contribution is 2.26. The molecule has 1 aromatic carbocycles. The Morgan fingerprint density at radius 3 is 2.70 bits per heavy atom. The normalized spacial score (nSPS) is 20.2. The maximum absolute atomic E-state index is 11.7. The molecule has 3 rings (SSSR count). The first kappa shape index (κ1) is 16.5. The summed E-state index contributed by atoms with van der Waals surface area (Å²) >= 11 is 1.59. The van der Waals surface area contributed by atoms with Gasteiger partial charge in [-0.1, -0.05) is 48.6 Å². The van der Waals surface area contributed by atoms with Gasteiger partial charge in [0.25, 0.3) is 0 Å². The molecule has 1 saturated heterocycles. The topological polar surface area (TPSA) is 63.2 Å². The highest BCUT2D eigenvalue weighted by Gasteiger charge is 2.32. The summed E-state index contributed by atoms with van der Waals surface area (Å²) < 4.78 is 23.5. The first-order chi connectivity index (χ1) is 11.1. The molecule has 1 fully saturated rings. The van der Waals surface area contributed by atoms with Gasteiger partial charge in [0.05, 0.1) is 18.1 Å². The molecule has 1 aliphatic heterocycles. The summed E-state index contributed by atoms with van der Waals surface area (Å²) in [7, 11) is -2.86. The van der Waals surface area contributed by atoms with Crippen molar-refractivity contribution in [3.8, 4) is 10.6 Å². The molecule has 0 saturated carbocycles. The van der Waals surface area contributed by atoms with Crippen LogP contribution in [0.5, 0.6) is 0 Å². The molecule has 2 heterocycles. The standard InChI is InChI=1S/C16H21N3O2S2/c1-2-9-19(14-8-10-23(20,21)12-14)11-15-17-18-16(22-15)13-6-4-3-5-7-13/h3-7,14H,2,8-12H2,1H3. The molecule has 1 atom stereocenters. The van der Waals surface area contributed by atoms with Gasteiger partial charge >= 0.3 is 0 Å². The van der Waals surface area contributed by atoms with Gasteiger partial charge in [0.15, 0.2) is 9.84 Å². The van der Waals surface area contributed by atoms with Crippen LogP contribution in [0.25, 0.3) is 10.6 Å². The molecule has 0 amide bonds. The van der Waals surface area contributed by atoms with Crippen molar-refractivity contribution in [3.63, 3.8) is 0 Å². The van der Waals surface area contributed by atoms with Crippen molar-refractivity contribution in [2.45, 2.75) is 32.4 Å². The largest absolute Gasteiger partial charge is 0.293 e. The molecule has 1 unspecified atom stereocenters. The van der Waals surface area contributed by atoms with Crippen LogP contribution in [-0.4, -0.2) is 47.6 Å². The van der Waals surface area contributed by atoms with Crippen molar-refractivity contribution >= 4 is 21.2 Å². The SMILES string of the molecule is CCCN(Cc1nnc(-c2ccccc2)s1)C1CCS(=O)(=O)C1. The van der Waals surface area contributed by atoms with E-state index in [4.69, 9.17) is 0 Å². The average molecular weight is 351 g/mol. The molecule has 0 bridgehead atoms. The fourth-order valence-electron chi connectivity index (χ4n) is 2.93. The predicted molar refractivity (Wildman–Crippen MR) is 93.1 cm³/mol. The van der Waals surface area contributed by atoms with E-state index in [2.05, 4.69) is 22.0 Å². The second-order valence-electron chi connectivity index (χ2n) is 5.89. The van der Waals surface area contributed by atoms with E-state index in [1.165, 1.54) is 0 Å². The molecule has 124 valence electrons. The third-order valence-corrected chi connectivity index (χ3v) is 6.77. The lowest BCUT2D eigenvalue weighted by Crippen LogP contribution is -2.36. The van der Waals surface area contributed by atoms with Crippen molar-refractivity contribution in [1.29, 1.82) is 0 Å². The van der Waals surface area contributed by atoms with E-state index in [-0.39, 0.29) is 11.8 Å². The Labute approximate surface area is 141 Å². The van der Waals surface area contributed by atoms with Crippen LogP contribution in [0.1, 0.15) is 24.8 Å². The van der Waals surface area contributed by atoms with E-state index in [9.17, 15) is 8.42 Å². The van der Waals surface area contributed by atoms with Gasteiger partial charge in [-0.15, -0.1) is 10.2 Å². The summed E-state index contributed by atoms with van der Waals surface area (Å²) in [6, 6.07) is 10.1. The van der Waals surface area contributed by atoms with Gasteiger partial charge in [-0.3, -0.25) is 4.90 Å². The minimum atomic E-state index is -2.86. The predicted octanol–water partition coefficient (Wildman–Crippen LogP) is 2.60. The van der Waals surface area contributed by atoms with Gasteiger partial charge in [0, 0.05) is 11.6 Å². The van der Waals surface area contributed by atoms with Crippen LogP contribution in [0.15, 0.2) is 30.3 Å². The molecule has 0 radical (unpaired) electrons. The number of aromatic nitrogens is 2. The molecular formula is C16H21N3O2S2. The van der Waals surface area contributed by atoms with Crippen molar-refractivity contribution in [3.05, 3.63) is 35.3 Å². The summed E-state index contributed by atoms with van der Waals surface area (Å²) in [4.78, 5) is 2.25. The Morgan fingerprint density at radius 1 is 1.26 bits per heavy atom. The molecule has 0 spiro atoms. The zero-order valence-electron chi connectivity index (χ0n) is 13.2. The average Bonchev–Trinajstić information content (AvgIpc) is 3.14. The molecule has 2 aromatic rings. The number of nitrogens with zero attached hydrogens (tertiary/aromatic N) is 3. The Kier molecular flexibility index (Phi) is 5.08. The minimum Gasteiger partial charge on any atom is -0.293 e. The molecular weight excluding hydrogens is 330 g/mol. The van der Waals surface area contributed by atoms with E-state index in [1.807, 2.05) is 30.3 Å². The highest BCUT2D eigenvalue weighted by atomic mass is 32.2. The van der Waals surface area contributed by atoms with Gasteiger partial charge in [-0.2, -0.15) is 0 Å². The summed E-state index contributed by atoms with van der Waals surface area (Å²) in [5.41, 5.74) is 1.07. The van der Waals surface area contributed by atoms with Crippen LogP contribution >= 0.6 is 11.3 Å². The van der Waals surface area contributed by atoms with Crippen molar-refractivity contribution < 1.29 is 8.42 Å². The van der Waals surface area contributed by atoms with Gasteiger partial charge in [-0.25, -0.2) is 8.42 Å². The first-order valence-electron chi connectivity index (χ1n) is 7.89. The fourth-order valence-corrected chi connectivity index (χ4v) is 5.56. The van der Waals surface area contributed by atoms with Gasteiger partial charge < -0.3 is 0 Å². The van der Waals surface area contributed by atoms with E-state index >= 15 is 0 Å². The quantitative estimate of drug-likeness (QED) is 0.800. The summed E-state index contributed by atoms with van der Waals surface area (Å²) in [6.07, 6.45) is 1.73. The smallest absolute Gasteiger partial charge is 0.151 e. The summed E-state index contributed by atoms with van der Waals surface area (Å²) in [6.45, 7) is 3.69.